The lowest BCUT2D eigenvalue weighted by molar-refractivity contribution is 0.0319. The molecule has 1 aromatic rings. The Morgan fingerprint density at radius 3 is 2.36 bits per heavy atom. The van der Waals surface area contributed by atoms with E-state index in [2.05, 4.69) is 4.90 Å². The Hall–Kier alpha value is -1.79. The molecule has 0 aliphatic carbocycles. The van der Waals surface area contributed by atoms with Gasteiger partial charge in [0, 0.05) is 12.2 Å². The van der Waals surface area contributed by atoms with Crippen LogP contribution in [0.2, 0.25) is 0 Å². The molecular formula is C18H29ClN2O4. The zero-order chi connectivity index (χ0) is 18.1. The van der Waals surface area contributed by atoms with Crippen molar-refractivity contribution in [3.05, 3.63) is 29.3 Å². The number of hydrogen-bond donors (Lipinski definition) is 1. The zero-order valence-electron chi connectivity index (χ0n) is 15.4. The Balaban J connectivity index is 0.00000576. The lowest BCUT2D eigenvalue weighted by Crippen LogP contribution is -2.28. The third-order valence-electron chi connectivity index (χ3n) is 3.94. The number of nitrogen functional groups attached to an aromatic ring is 1. The van der Waals surface area contributed by atoms with Gasteiger partial charge in [-0.1, -0.05) is 26.8 Å². The molecule has 142 valence electrons. The second-order valence-corrected chi connectivity index (χ2v) is 5.56. The van der Waals surface area contributed by atoms with Crippen molar-refractivity contribution in [3.8, 4) is 0 Å². The molecule has 0 saturated carbocycles. The molecule has 2 N–H and O–H groups in total. The van der Waals surface area contributed by atoms with Gasteiger partial charge in [-0.25, -0.2) is 9.59 Å². The van der Waals surface area contributed by atoms with Gasteiger partial charge < -0.3 is 20.1 Å². The highest BCUT2D eigenvalue weighted by molar-refractivity contribution is 6.06. The number of halogens is 1. The number of esters is 2. The average Bonchev–Trinajstić information content (AvgIpc) is 2.58. The summed E-state index contributed by atoms with van der Waals surface area (Å²) in [7, 11) is 0. The highest BCUT2D eigenvalue weighted by atomic mass is 35.5. The standard InChI is InChI=1S/C18H28N2O4.ClH/c1-5-13(4)24-17(21)14-9-8-10-15(19)16(14)18(22)23-12-11-20(6-2)7-3;/h8-10,13H,5-7,11-12,19H2,1-4H3;1H. The van der Waals surface area contributed by atoms with E-state index < -0.39 is 11.9 Å². The predicted octanol–water partition coefficient (Wildman–Crippen LogP) is 3.14. The van der Waals surface area contributed by atoms with Gasteiger partial charge in [0.1, 0.15) is 6.61 Å². The Kier molecular flexibility index (Phi) is 10.9. The van der Waals surface area contributed by atoms with E-state index in [9.17, 15) is 9.59 Å². The normalized spacial score (nSPS) is 11.6. The van der Waals surface area contributed by atoms with Crippen molar-refractivity contribution in [2.24, 2.45) is 0 Å². The highest BCUT2D eigenvalue weighted by Gasteiger charge is 2.23. The van der Waals surface area contributed by atoms with Crippen LogP contribution in [0.1, 0.15) is 54.8 Å². The number of likely N-dealkylation sites (N-methyl/N-ethyl adjacent to an activating group) is 1. The molecule has 1 unspecified atom stereocenters. The minimum absolute atomic E-state index is 0. The average molecular weight is 373 g/mol. The lowest BCUT2D eigenvalue weighted by atomic mass is 10.1. The molecule has 0 aromatic heterocycles. The van der Waals surface area contributed by atoms with Gasteiger partial charge >= 0.3 is 11.9 Å². The third-order valence-corrected chi connectivity index (χ3v) is 3.94. The first-order valence-corrected chi connectivity index (χ1v) is 8.43. The number of hydrogen-bond acceptors (Lipinski definition) is 6. The fourth-order valence-electron chi connectivity index (χ4n) is 2.18. The number of nitrogens with zero attached hydrogens (tertiary/aromatic N) is 1. The summed E-state index contributed by atoms with van der Waals surface area (Å²) in [6, 6.07) is 4.72. The topological polar surface area (TPSA) is 81.9 Å². The van der Waals surface area contributed by atoms with Crippen molar-refractivity contribution >= 4 is 30.0 Å². The van der Waals surface area contributed by atoms with Gasteiger partial charge in [-0.15, -0.1) is 12.4 Å². The molecule has 0 heterocycles. The summed E-state index contributed by atoms with van der Waals surface area (Å²) in [6.45, 7) is 10.5. The number of carbonyl (C=O) groups is 2. The molecule has 1 atom stereocenters. The van der Waals surface area contributed by atoms with E-state index in [1.165, 1.54) is 6.07 Å². The molecule has 0 spiro atoms. The molecule has 0 fully saturated rings. The Labute approximate surface area is 156 Å². The van der Waals surface area contributed by atoms with E-state index in [1.807, 2.05) is 20.8 Å². The highest BCUT2D eigenvalue weighted by Crippen LogP contribution is 2.20. The van der Waals surface area contributed by atoms with E-state index in [4.69, 9.17) is 15.2 Å². The molecule has 0 aliphatic heterocycles. The van der Waals surface area contributed by atoms with Crippen molar-refractivity contribution in [2.45, 2.75) is 40.2 Å². The van der Waals surface area contributed by atoms with E-state index in [1.54, 1.807) is 19.1 Å². The van der Waals surface area contributed by atoms with Crippen molar-refractivity contribution in [2.75, 3.05) is 32.0 Å². The number of rotatable bonds is 9. The van der Waals surface area contributed by atoms with E-state index >= 15 is 0 Å². The molecule has 1 rings (SSSR count). The predicted molar refractivity (Wildman–Crippen MR) is 101 cm³/mol. The van der Waals surface area contributed by atoms with E-state index in [0.29, 0.717) is 13.0 Å². The van der Waals surface area contributed by atoms with Crippen molar-refractivity contribution < 1.29 is 19.1 Å². The van der Waals surface area contributed by atoms with Gasteiger partial charge in [-0.2, -0.15) is 0 Å². The molecule has 0 aliphatic rings. The maximum absolute atomic E-state index is 12.4. The summed E-state index contributed by atoms with van der Waals surface area (Å²) >= 11 is 0. The van der Waals surface area contributed by atoms with Crippen LogP contribution in [0.4, 0.5) is 5.69 Å². The summed E-state index contributed by atoms with van der Waals surface area (Å²) in [5.74, 6) is -1.16. The van der Waals surface area contributed by atoms with Gasteiger partial charge in [-0.05, 0) is 38.6 Å². The third kappa shape index (κ3) is 6.92. The van der Waals surface area contributed by atoms with Crippen LogP contribution in [0.25, 0.3) is 0 Å². The second-order valence-electron chi connectivity index (χ2n) is 5.56. The summed E-state index contributed by atoms with van der Waals surface area (Å²) in [6.07, 6.45) is 0.461. The molecule has 0 radical (unpaired) electrons. The van der Waals surface area contributed by atoms with Crippen molar-refractivity contribution in [1.29, 1.82) is 0 Å². The van der Waals surface area contributed by atoms with E-state index in [0.717, 1.165) is 13.1 Å². The Morgan fingerprint density at radius 2 is 1.80 bits per heavy atom. The zero-order valence-corrected chi connectivity index (χ0v) is 16.2. The summed E-state index contributed by atoms with van der Waals surface area (Å²) in [4.78, 5) is 26.8. The van der Waals surface area contributed by atoms with Crippen molar-refractivity contribution in [1.82, 2.24) is 4.90 Å². The van der Waals surface area contributed by atoms with Crippen LogP contribution in [-0.2, 0) is 9.47 Å². The monoisotopic (exact) mass is 372 g/mol. The van der Waals surface area contributed by atoms with Crippen LogP contribution in [0.3, 0.4) is 0 Å². The first-order chi connectivity index (χ1) is 11.4. The van der Waals surface area contributed by atoms with Crippen LogP contribution < -0.4 is 5.73 Å². The van der Waals surface area contributed by atoms with Gasteiger partial charge in [-0.3, -0.25) is 0 Å². The van der Waals surface area contributed by atoms with Crippen LogP contribution >= 0.6 is 12.4 Å². The number of anilines is 1. The quantitative estimate of drug-likeness (QED) is 0.529. The summed E-state index contributed by atoms with van der Waals surface area (Å²) in [5.41, 5.74) is 6.31. The van der Waals surface area contributed by atoms with Gasteiger partial charge in [0.25, 0.3) is 0 Å². The number of carbonyl (C=O) groups excluding carboxylic acids is 2. The van der Waals surface area contributed by atoms with Gasteiger partial charge in [0.15, 0.2) is 0 Å². The Morgan fingerprint density at radius 1 is 1.16 bits per heavy atom. The molecule has 0 saturated heterocycles. The van der Waals surface area contributed by atoms with Crippen LogP contribution in [-0.4, -0.2) is 49.2 Å². The van der Waals surface area contributed by atoms with Gasteiger partial charge in [0.2, 0.25) is 0 Å². The first kappa shape index (κ1) is 23.2. The number of benzene rings is 1. The minimum atomic E-state index is -0.601. The van der Waals surface area contributed by atoms with E-state index in [-0.39, 0.29) is 41.9 Å². The Bertz CT molecular complexity index is 562. The molecule has 1 aromatic carbocycles. The second kappa shape index (κ2) is 11.7. The molecule has 7 heteroatoms. The summed E-state index contributed by atoms with van der Waals surface area (Å²) in [5, 5.41) is 0. The lowest BCUT2D eigenvalue weighted by Gasteiger charge is -2.18. The maximum atomic E-state index is 12.4. The SMILES string of the molecule is CCC(C)OC(=O)c1cccc(N)c1C(=O)OCCN(CC)CC.Cl. The molecular weight excluding hydrogens is 344 g/mol. The molecule has 6 nitrogen and oxygen atoms in total. The summed E-state index contributed by atoms with van der Waals surface area (Å²) < 4.78 is 10.6. The smallest absolute Gasteiger partial charge is 0.341 e. The minimum Gasteiger partial charge on any atom is -0.461 e. The fourth-order valence-corrected chi connectivity index (χ4v) is 2.18. The van der Waals surface area contributed by atoms with Gasteiger partial charge in [0.05, 0.1) is 17.2 Å². The fraction of sp³-hybridized carbons (Fsp3) is 0.556. The number of ether oxygens (including phenoxy) is 2. The van der Waals surface area contributed by atoms with Crippen molar-refractivity contribution in [3.63, 3.8) is 0 Å². The number of nitrogens with two attached hydrogens (primary N) is 1. The first-order valence-electron chi connectivity index (χ1n) is 8.43. The molecule has 0 bridgehead atoms. The molecule has 0 amide bonds. The maximum Gasteiger partial charge on any atom is 0.341 e. The van der Waals surface area contributed by atoms with Crippen LogP contribution in [0.15, 0.2) is 18.2 Å². The largest absolute Gasteiger partial charge is 0.461 e. The molecule has 25 heavy (non-hydrogen) atoms. The van der Waals surface area contributed by atoms with Crippen LogP contribution in [0.5, 0.6) is 0 Å². The van der Waals surface area contributed by atoms with Crippen LogP contribution in [0, 0.1) is 0 Å².